The average Bonchev–Trinajstić information content (AvgIpc) is 3.51. The minimum atomic E-state index is -4.23. The van der Waals surface area contributed by atoms with Crippen molar-refractivity contribution in [3.63, 3.8) is 0 Å². The van der Waals surface area contributed by atoms with Gasteiger partial charge in [-0.1, -0.05) is 0 Å². The quantitative estimate of drug-likeness (QED) is 0.210. The number of alkyl halides is 4. The average molecular weight is 597 g/mol. The van der Waals surface area contributed by atoms with E-state index < -0.39 is 87.7 Å². The molecule has 5 aliphatic rings. The van der Waals surface area contributed by atoms with Gasteiger partial charge in [-0.25, -0.2) is 36.1 Å². The van der Waals surface area contributed by atoms with E-state index in [0.29, 0.717) is 19.3 Å². The van der Waals surface area contributed by atoms with Crippen molar-refractivity contribution in [2.45, 2.75) is 106 Å². The number of nitrogens with one attached hydrogen (secondary N) is 4. The van der Waals surface area contributed by atoms with E-state index in [-0.39, 0.29) is 63.4 Å². The van der Waals surface area contributed by atoms with Gasteiger partial charge in [-0.2, -0.15) is 0 Å². The first-order chi connectivity index (χ1) is 19.0. The molecule has 9 nitrogen and oxygen atoms in total. The molecule has 228 valence electrons. The van der Waals surface area contributed by atoms with E-state index in [9.17, 15) is 22.4 Å². The highest BCUT2D eigenvalue weighted by molar-refractivity contribution is 7.90. The molecule has 0 spiro atoms. The van der Waals surface area contributed by atoms with Gasteiger partial charge in [0.25, 0.3) is 0 Å². The number of halogens is 4. The second kappa shape index (κ2) is 12.1. The number of Topliss-reactive ketones (excluding diaryl/α,β-unsaturated/α-hetero) is 1. The fraction of sp³-hybridized carbons (Fsp3) is 0.923. The van der Waals surface area contributed by atoms with E-state index in [1.165, 1.54) is 0 Å². The Bertz CT molecular complexity index is 1060. The predicted molar refractivity (Wildman–Crippen MR) is 137 cm³/mol. The lowest BCUT2D eigenvalue weighted by molar-refractivity contribution is -0.124. The van der Waals surface area contributed by atoms with Gasteiger partial charge in [-0.05, 0) is 57.3 Å². The molecule has 0 aromatic rings. The summed E-state index contributed by atoms with van der Waals surface area (Å²) in [6.07, 6.45) is -5.88. The Hall–Kier alpha value is -1.35. The van der Waals surface area contributed by atoms with Crippen LogP contribution in [0.15, 0.2) is 0 Å². The fourth-order valence-corrected chi connectivity index (χ4v) is 10.2. The number of aliphatic hydroxyl groups excluding tert-OH is 1. The number of hydrazine groups is 1. The molecule has 0 bridgehead atoms. The minimum Gasteiger partial charge on any atom is -0.396 e. The molecule has 4 saturated carbocycles. The zero-order valence-corrected chi connectivity index (χ0v) is 23.1. The van der Waals surface area contributed by atoms with Gasteiger partial charge in [-0.3, -0.25) is 15.0 Å². The van der Waals surface area contributed by atoms with Crippen molar-refractivity contribution in [2.75, 3.05) is 13.2 Å². The van der Waals surface area contributed by atoms with E-state index >= 15 is 13.2 Å². The lowest BCUT2D eigenvalue weighted by atomic mass is 9.65. The number of carbonyl (C=O) groups excluding carboxylic acids is 2. The first-order valence-electron chi connectivity index (χ1n) is 14.5. The number of sulfonamides is 1. The summed E-state index contributed by atoms with van der Waals surface area (Å²) < 4.78 is 90.6. The zero-order chi connectivity index (χ0) is 28.8. The maximum atomic E-state index is 16.0. The smallest absolute Gasteiger partial charge is 0.238 e. The van der Waals surface area contributed by atoms with Crippen molar-refractivity contribution in [1.82, 2.24) is 20.9 Å². The van der Waals surface area contributed by atoms with Gasteiger partial charge in [0.15, 0.2) is 0 Å². The third-order valence-electron chi connectivity index (χ3n) is 10.1. The van der Waals surface area contributed by atoms with Crippen LogP contribution in [0.2, 0.25) is 0 Å². The number of ketones is 1. The topological polar surface area (TPSA) is 137 Å². The summed E-state index contributed by atoms with van der Waals surface area (Å²) in [6, 6.07) is -2.84. The van der Waals surface area contributed by atoms with E-state index in [1.807, 2.05) is 0 Å². The Morgan fingerprint density at radius 3 is 2.45 bits per heavy atom. The Balaban J connectivity index is 1.25. The van der Waals surface area contributed by atoms with Gasteiger partial charge in [0.05, 0.1) is 17.3 Å². The molecule has 40 heavy (non-hydrogen) atoms. The number of rotatable bonds is 8. The normalized spacial score (nSPS) is 45.6. The summed E-state index contributed by atoms with van der Waals surface area (Å²) in [5.74, 6) is -4.50. The van der Waals surface area contributed by atoms with Crippen LogP contribution < -0.4 is 20.9 Å². The van der Waals surface area contributed by atoms with Crippen LogP contribution in [0.1, 0.15) is 57.8 Å². The van der Waals surface area contributed by atoms with Gasteiger partial charge >= 0.3 is 0 Å². The molecular weight excluding hydrogens is 556 g/mol. The third kappa shape index (κ3) is 5.67. The molecule has 13 atom stereocenters. The van der Waals surface area contributed by atoms with Gasteiger partial charge < -0.3 is 10.4 Å². The van der Waals surface area contributed by atoms with Crippen LogP contribution >= 0.6 is 0 Å². The first kappa shape index (κ1) is 30.1. The molecule has 0 aromatic heterocycles. The number of amides is 1. The van der Waals surface area contributed by atoms with Gasteiger partial charge in [0, 0.05) is 43.2 Å². The fourth-order valence-electron chi connectivity index (χ4n) is 8.07. The molecule has 5 fully saturated rings. The summed E-state index contributed by atoms with van der Waals surface area (Å²) >= 11 is 0. The second-order valence-electron chi connectivity index (χ2n) is 12.3. The van der Waals surface area contributed by atoms with Crippen molar-refractivity contribution in [1.29, 1.82) is 0 Å². The van der Waals surface area contributed by atoms with Gasteiger partial charge in [0.2, 0.25) is 15.9 Å². The van der Waals surface area contributed by atoms with Crippen LogP contribution in [0.25, 0.3) is 0 Å². The number of carbonyl (C=O) groups is 2. The van der Waals surface area contributed by atoms with Crippen molar-refractivity contribution in [2.24, 2.45) is 29.6 Å². The molecule has 0 radical (unpaired) electrons. The van der Waals surface area contributed by atoms with E-state index in [0.717, 1.165) is 0 Å². The van der Waals surface area contributed by atoms with Crippen LogP contribution in [0, 0.1) is 29.6 Å². The largest absolute Gasteiger partial charge is 0.396 e. The molecule has 0 aromatic carbocycles. The Morgan fingerprint density at radius 2 is 1.70 bits per heavy atom. The number of hydrogen-bond acceptors (Lipinski definition) is 7. The van der Waals surface area contributed by atoms with Crippen LogP contribution in [0.5, 0.6) is 0 Å². The maximum Gasteiger partial charge on any atom is 0.238 e. The summed E-state index contributed by atoms with van der Waals surface area (Å²) in [7, 11) is -4.23. The number of aliphatic hydroxyl groups is 1. The highest BCUT2D eigenvalue weighted by Crippen LogP contribution is 2.47. The van der Waals surface area contributed by atoms with E-state index in [2.05, 4.69) is 20.9 Å². The molecular formula is C26H40F4N4O5S. The van der Waals surface area contributed by atoms with Crippen molar-refractivity contribution >= 4 is 21.7 Å². The van der Waals surface area contributed by atoms with Crippen molar-refractivity contribution < 1.29 is 40.7 Å². The Morgan fingerprint density at radius 1 is 0.950 bits per heavy atom. The molecule has 1 amide bonds. The first-order valence-corrected chi connectivity index (χ1v) is 16.1. The standard InChI is InChI=1S/C26H40F4N4O5S/c27-12-10-16-13(4-7-19(16)36)20(11-12)40(38,39)34-18-6-5-17(28)21(23(18)30)14-2-3-15-24(22(14)29)32-33-25(15)26(37)31-8-1-9-35/h12-18,20-25,32-35H,1-11H2,(H,31,37). The summed E-state index contributed by atoms with van der Waals surface area (Å²) in [6.45, 7) is 0.186. The van der Waals surface area contributed by atoms with E-state index in [4.69, 9.17) is 5.11 Å². The van der Waals surface area contributed by atoms with Crippen LogP contribution in [0.3, 0.4) is 0 Å². The van der Waals surface area contributed by atoms with Crippen LogP contribution in [-0.2, 0) is 19.6 Å². The second-order valence-corrected chi connectivity index (χ2v) is 14.2. The Kier molecular flexibility index (Phi) is 9.11. The molecule has 5 rings (SSSR count). The third-order valence-corrected chi connectivity index (χ3v) is 12.0. The number of hydrogen-bond donors (Lipinski definition) is 5. The molecule has 5 N–H and O–H groups in total. The van der Waals surface area contributed by atoms with Gasteiger partial charge in [-0.15, -0.1) is 0 Å². The number of fused-ring (bicyclic) bond motifs is 2. The summed E-state index contributed by atoms with van der Waals surface area (Å²) in [5, 5.41) is 10.4. The lowest BCUT2D eigenvalue weighted by Gasteiger charge is -2.45. The van der Waals surface area contributed by atoms with E-state index in [1.54, 1.807) is 0 Å². The zero-order valence-electron chi connectivity index (χ0n) is 22.3. The predicted octanol–water partition coefficient (Wildman–Crippen LogP) is 1.16. The molecule has 1 heterocycles. The van der Waals surface area contributed by atoms with Crippen LogP contribution in [-0.4, -0.2) is 86.4 Å². The monoisotopic (exact) mass is 596 g/mol. The molecule has 14 heteroatoms. The van der Waals surface area contributed by atoms with Crippen molar-refractivity contribution in [3.8, 4) is 0 Å². The summed E-state index contributed by atoms with van der Waals surface area (Å²) in [4.78, 5) is 24.7. The minimum absolute atomic E-state index is 0.00604. The highest BCUT2D eigenvalue weighted by Gasteiger charge is 2.56. The highest BCUT2D eigenvalue weighted by atomic mass is 32.2. The molecule has 1 aliphatic heterocycles. The SMILES string of the molecule is O=C1CCC2C1CC(F)CC2S(=O)(=O)NC1CCC(F)C(C2CCC3C(C(=O)NCCCO)NNC3C2F)C1F. The summed E-state index contributed by atoms with van der Waals surface area (Å²) in [5.41, 5.74) is 5.60. The van der Waals surface area contributed by atoms with Crippen LogP contribution in [0.4, 0.5) is 17.6 Å². The Labute approximate surface area is 232 Å². The van der Waals surface area contributed by atoms with Crippen molar-refractivity contribution in [3.05, 3.63) is 0 Å². The maximum absolute atomic E-state index is 16.0. The van der Waals surface area contributed by atoms with Gasteiger partial charge in [0.1, 0.15) is 36.5 Å². The molecule has 13 unspecified atom stereocenters. The molecule has 1 saturated heterocycles. The molecule has 4 aliphatic carbocycles. The lowest BCUT2D eigenvalue weighted by Crippen LogP contribution is -2.58.